The summed E-state index contributed by atoms with van der Waals surface area (Å²) in [5.41, 5.74) is 3.69. The number of rotatable bonds is 6. The summed E-state index contributed by atoms with van der Waals surface area (Å²) in [5.74, 6) is -1.33. The molecule has 1 aromatic carbocycles. The summed E-state index contributed by atoms with van der Waals surface area (Å²) in [5, 5.41) is 2.82. The summed E-state index contributed by atoms with van der Waals surface area (Å²) >= 11 is 0. The number of sulfone groups is 1. The predicted molar refractivity (Wildman–Crippen MR) is 117 cm³/mol. The standard InChI is InChI=1S/C22H33N3O4S/c1-16(18-9-8-17-6-4-5-7-19(17)14-18)23-21(26)22(27)25(12-11-24(2)3)20-10-13-30(28,29)15-20/h8-9,14,16,20H,4-7,10-13,15H2,1-3H3,(H,23,26). The summed E-state index contributed by atoms with van der Waals surface area (Å²) in [4.78, 5) is 29.1. The molecule has 30 heavy (non-hydrogen) atoms. The second kappa shape index (κ2) is 9.47. The molecule has 0 spiro atoms. The average Bonchev–Trinajstić information content (AvgIpc) is 3.06. The lowest BCUT2D eigenvalue weighted by molar-refractivity contribution is -0.147. The number of carbonyl (C=O) groups is 2. The molecule has 2 atom stereocenters. The van der Waals surface area contributed by atoms with Crippen molar-refractivity contribution in [3.05, 3.63) is 34.9 Å². The van der Waals surface area contributed by atoms with Crippen molar-refractivity contribution in [2.45, 2.75) is 51.1 Å². The van der Waals surface area contributed by atoms with Gasteiger partial charge in [-0.1, -0.05) is 18.2 Å². The van der Waals surface area contributed by atoms with E-state index in [0.29, 0.717) is 19.5 Å². The van der Waals surface area contributed by atoms with E-state index in [0.717, 1.165) is 18.4 Å². The SMILES string of the molecule is CC(NC(=O)C(=O)N(CCN(C)C)C1CCS(=O)(=O)C1)c1ccc2c(c1)CCCC2. The van der Waals surface area contributed by atoms with Gasteiger partial charge in [0.25, 0.3) is 0 Å². The van der Waals surface area contributed by atoms with Gasteiger partial charge in [-0.25, -0.2) is 8.42 Å². The molecule has 8 heteroatoms. The van der Waals surface area contributed by atoms with E-state index in [1.807, 2.05) is 32.0 Å². The fraction of sp³-hybridized carbons (Fsp3) is 0.636. The van der Waals surface area contributed by atoms with Gasteiger partial charge < -0.3 is 15.1 Å². The first-order chi connectivity index (χ1) is 14.2. The van der Waals surface area contributed by atoms with Crippen molar-refractivity contribution in [1.29, 1.82) is 0 Å². The van der Waals surface area contributed by atoms with Crippen molar-refractivity contribution in [2.75, 3.05) is 38.7 Å². The molecule has 1 aliphatic heterocycles. The molecule has 0 saturated carbocycles. The van der Waals surface area contributed by atoms with E-state index in [2.05, 4.69) is 17.4 Å². The molecule has 3 rings (SSSR count). The van der Waals surface area contributed by atoms with Gasteiger partial charge in [0.05, 0.1) is 17.5 Å². The molecule has 0 aromatic heterocycles. The molecular weight excluding hydrogens is 402 g/mol. The maximum absolute atomic E-state index is 13.0. The molecule has 1 N–H and O–H groups in total. The Hall–Kier alpha value is -1.93. The van der Waals surface area contributed by atoms with Crippen LogP contribution < -0.4 is 5.32 Å². The maximum atomic E-state index is 13.0. The zero-order valence-corrected chi connectivity index (χ0v) is 19.0. The molecule has 7 nitrogen and oxygen atoms in total. The summed E-state index contributed by atoms with van der Waals surface area (Å²) in [7, 11) is 0.610. The largest absolute Gasteiger partial charge is 0.341 e. The fourth-order valence-corrected chi connectivity index (χ4v) is 6.00. The van der Waals surface area contributed by atoms with E-state index in [1.54, 1.807) is 0 Å². The molecule has 0 bridgehead atoms. The van der Waals surface area contributed by atoms with Gasteiger partial charge in [-0.15, -0.1) is 0 Å². The molecule has 1 aromatic rings. The number of aryl methyl sites for hydroxylation is 2. The second-order valence-corrected chi connectivity index (χ2v) is 11.0. The third kappa shape index (κ3) is 5.60. The van der Waals surface area contributed by atoms with E-state index in [9.17, 15) is 18.0 Å². The van der Waals surface area contributed by atoms with Gasteiger partial charge in [-0.2, -0.15) is 0 Å². The molecule has 1 aliphatic carbocycles. The average molecular weight is 436 g/mol. The summed E-state index contributed by atoms with van der Waals surface area (Å²) < 4.78 is 23.8. The van der Waals surface area contributed by atoms with E-state index < -0.39 is 27.7 Å². The molecule has 2 aliphatic rings. The zero-order chi connectivity index (χ0) is 21.9. The smallest absolute Gasteiger partial charge is 0.312 e. The lowest BCUT2D eigenvalue weighted by Crippen LogP contribution is -2.50. The first-order valence-electron chi connectivity index (χ1n) is 10.7. The Morgan fingerprint density at radius 2 is 1.83 bits per heavy atom. The molecule has 1 heterocycles. The molecular formula is C22H33N3O4S. The lowest BCUT2D eigenvalue weighted by Gasteiger charge is -2.29. The maximum Gasteiger partial charge on any atom is 0.312 e. The zero-order valence-electron chi connectivity index (χ0n) is 18.2. The second-order valence-electron chi connectivity index (χ2n) is 8.79. The highest BCUT2D eigenvalue weighted by Gasteiger charge is 2.37. The summed E-state index contributed by atoms with van der Waals surface area (Å²) in [6.45, 7) is 2.77. The van der Waals surface area contributed by atoms with Crippen LogP contribution >= 0.6 is 0 Å². The van der Waals surface area contributed by atoms with Gasteiger partial charge in [0.2, 0.25) is 0 Å². The van der Waals surface area contributed by atoms with Crippen LogP contribution in [0.4, 0.5) is 0 Å². The van der Waals surface area contributed by atoms with Crippen molar-refractivity contribution in [2.24, 2.45) is 0 Å². The third-order valence-corrected chi connectivity index (χ3v) is 7.86. The number of carbonyl (C=O) groups excluding carboxylic acids is 2. The number of hydrogen-bond donors (Lipinski definition) is 1. The normalized spacial score (nSPS) is 21.1. The molecule has 1 fully saturated rings. The minimum atomic E-state index is -3.15. The topological polar surface area (TPSA) is 86.8 Å². The highest BCUT2D eigenvalue weighted by atomic mass is 32.2. The Morgan fingerprint density at radius 1 is 1.13 bits per heavy atom. The first-order valence-corrected chi connectivity index (χ1v) is 12.6. The van der Waals surface area contributed by atoms with Crippen LogP contribution in [0.2, 0.25) is 0 Å². The summed E-state index contributed by atoms with van der Waals surface area (Å²) in [6, 6.07) is 5.55. The number of benzene rings is 1. The van der Waals surface area contributed by atoms with E-state index >= 15 is 0 Å². The van der Waals surface area contributed by atoms with E-state index in [1.165, 1.54) is 28.9 Å². The predicted octanol–water partition coefficient (Wildman–Crippen LogP) is 1.32. The Morgan fingerprint density at radius 3 is 2.47 bits per heavy atom. The molecule has 0 radical (unpaired) electrons. The van der Waals surface area contributed by atoms with Gasteiger partial charge in [0.15, 0.2) is 9.84 Å². The fourth-order valence-electron chi connectivity index (χ4n) is 4.27. The van der Waals surface area contributed by atoms with Crippen LogP contribution in [0.3, 0.4) is 0 Å². The Kier molecular flexibility index (Phi) is 7.18. The first kappa shape index (κ1) is 22.7. The number of nitrogens with one attached hydrogen (secondary N) is 1. The quantitative estimate of drug-likeness (QED) is 0.681. The van der Waals surface area contributed by atoms with Gasteiger partial charge in [-0.05, 0) is 69.8 Å². The van der Waals surface area contributed by atoms with Crippen molar-refractivity contribution in [3.63, 3.8) is 0 Å². The van der Waals surface area contributed by atoms with Crippen molar-refractivity contribution in [1.82, 2.24) is 15.1 Å². The summed E-state index contributed by atoms with van der Waals surface area (Å²) in [6.07, 6.45) is 4.93. The lowest BCUT2D eigenvalue weighted by atomic mass is 9.89. The monoisotopic (exact) mass is 435 g/mol. The van der Waals surface area contributed by atoms with Gasteiger partial charge >= 0.3 is 11.8 Å². The molecule has 2 amide bonds. The Bertz CT molecular complexity index is 898. The van der Waals surface area contributed by atoms with Gasteiger partial charge in [0, 0.05) is 19.1 Å². The van der Waals surface area contributed by atoms with Crippen LogP contribution in [0.15, 0.2) is 18.2 Å². The van der Waals surface area contributed by atoms with Gasteiger partial charge in [-0.3, -0.25) is 9.59 Å². The van der Waals surface area contributed by atoms with Crippen LogP contribution in [0, 0.1) is 0 Å². The third-order valence-electron chi connectivity index (χ3n) is 6.11. The number of amides is 2. The number of fused-ring (bicyclic) bond motifs is 1. The van der Waals surface area contributed by atoms with Crippen LogP contribution in [0.25, 0.3) is 0 Å². The minimum absolute atomic E-state index is 0.0660. The Balaban J connectivity index is 1.68. The van der Waals surface area contributed by atoms with E-state index in [4.69, 9.17) is 0 Å². The van der Waals surface area contributed by atoms with Gasteiger partial charge in [0.1, 0.15) is 0 Å². The van der Waals surface area contributed by atoms with Crippen LogP contribution in [-0.4, -0.2) is 74.8 Å². The highest BCUT2D eigenvalue weighted by Crippen LogP contribution is 2.25. The van der Waals surface area contributed by atoms with Crippen LogP contribution in [-0.2, 0) is 32.3 Å². The van der Waals surface area contributed by atoms with Crippen LogP contribution in [0.5, 0.6) is 0 Å². The van der Waals surface area contributed by atoms with Crippen molar-refractivity contribution >= 4 is 21.7 Å². The highest BCUT2D eigenvalue weighted by molar-refractivity contribution is 7.91. The molecule has 2 unspecified atom stereocenters. The number of nitrogens with zero attached hydrogens (tertiary/aromatic N) is 2. The van der Waals surface area contributed by atoms with E-state index in [-0.39, 0.29) is 17.5 Å². The van der Waals surface area contributed by atoms with Crippen molar-refractivity contribution < 1.29 is 18.0 Å². The van der Waals surface area contributed by atoms with Crippen LogP contribution in [0.1, 0.15) is 48.9 Å². The molecule has 166 valence electrons. The van der Waals surface area contributed by atoms with Crippen molar-refractivity contribution in [3.8, 4) is 0 Å². The Labute approximate surface area is 179 Å². The number of hydrogen-bond acceptors (Lipinski definition) is 5. The number of likely N-dealkylation sites (N-methyl/N-ethyl adjacent to an activating group) is 1. The molecule has 1 saturated heterocycles. The minimum Gasteiger partial charge on any atom is -0.341 e.